The van der Waals surface area contributed by atoms with E-state index in [0.717, 1.165) is 39.6 Å². The van der Waals surface area contributed by atoms with E-state index in [1.165, 1.54) is 6.39 Å². The molecule has 4 heteroatoms. The first-order chi connectivity index (χ1) is 13.3. The minimum absolute atomic E-state index is 0.543. The van der Waals surface area contributed by atoms with Crippen molar-refractivity contribution in [2.75, 3.05) is 7.11 Å². The van der Waals surface area contributed by atoms with Crippen LogP contribution in [0.5, 0.6) is 11.5 Å². The van der Waals surface area contributed by atoms with Gasteiger partial charge in [-0.25, -0.2) is 4.98 Å². The van der Waals surface area contributed by atoms with Crippen molar-refractivity contribution in [1.82, 2.24) is 4.98 Å². The minimum Gasteiger partial charge on any atom is -0.497 e. The van der Waals surface area contributed by atoms with Gasteiger partial charge in [0, 0.05) is 11.1 Å². The third-order valence-corrected chi connectivity index (χ3v) is 4.30. The zero-order chi connectivity index (χ0) is 18.5. The van der Waals surface area contributed by atoms with Crippen molar-refractivity contribution in [3.63, 3.8) is 0 Å². The van der Waals surface area contributed by atoms with Gasteiger partial charge in [0.25, 0.3) is 0 Å². The first kappa shape index (κ1) is 16.9. The van der Waals surface area contributed by atoms with Crippen molar-refractivity contribution in [1.29, 1.82) is 0 Å². The Hall–Kier alpha value is -3.53. The third-order valence-electron chi connectivity index (χ3n) is 4.30. The minimum atomic E-state index is 0.543. The Bertz CT molecular complexity index is 990. The number of methoxy groups -OCH3 is 1. The summed E-state index contributed by atoms with van der Waals surface area (Å²) in [5, 5.41) is 0. The highest BCUT2D eigenvalue weighted by atomic mass is 16.5. The van der Waals surface area contributed by atoms with Gasteiger partial charge in [-0.15, -0.1) is 0 Å². The molecular formula is C23H19NO3. The molecule has 0 fully saturated rings. The molecule has 1 aromatic heterocycles. The van der Waals surface area contributed by atoms with E-state index in [4.69, 9.17) is 13.9 Å². The molecule has 0 atom stereocenters. The van der Waals surface area contributed by atoms with Gasteiger partial charge in [0.05, 0.1) is 7.11 Å². The molecule has 0 aliphatic rings. The van der Waals surface area contributed by atoms with E-state index >= 15 is 0 Å². The van der Waals surface area contributed by atoms with E-state index in [-0.39, 0.29) is 0 Å². The van der Waals surface area contributed by atoms with Gasteiger partial charge in [-0.3, -0.25) is 0 Å². The fourth-order valence-electron chi connectivity index (χ4n) is 2.85. The molecule has 3 aromatic carbocycles. The monoisotopic (exact) mass is 357 g/mol. The molecule has 0 aliphatic heterocycles. The zero-order valence-electron chi connectivity index (χ0n) is 15.0. The fraction of sp³-hybridized carbons (Fsp3) is 0.0870. The predicted molar refractivity (Wildman–Crippen MR) is 105 cm³/mol. The quantitative estimate of drug-likeness (QED) is 0.451. The van der Waals surface area contributed by atoms with Gasteiger partial charge < -0.3 is 13.9 Å². The summed E-state index contributed by atoms with van der Waals surface area (Å²) in [5.41, 5.74) is 3.86. The predicted octanol–water partition coefficient (Wildman–Crippen LogP) is 5.60. The van der Waals surface area contributed by atoms with Gasteiger partial charge in [0.15, 0.2) is 12.2 Å². The van der Waals surface area contributed by atoms with Crippen LogP contribution in [-0.2, 0) is 6.61 Å². The van der Waals surface area contributed by atoms with E-state index in [0.29, 0.717) is 6.61 Å². The zero-order valence-corrected chi connectivity index (χ0v) is 15.0. The second-order valence-corrected chi connectivity index (χ2v) is 6.06. The average molecular weight is 357 g/mol. The lowest BCUT2D eigenvalue weighted by Crippen LogP contribution is -1.94. The van der Waals surface area contributed by atoms with Crippen LogP contribution in [0, 0.1) is 0 Å². The summed E-state index contributed by atoms with van der Waals surface area (Å²) in [6.45, 7) is 0.543. The summed E-state index contributed by atoms with van der Waals surface area (Å²) < 4.78 is 16.7. The van der Waals surface area contributed by atoms with Crippen LogP contribution >= 0.6 is 0 Å². The summed E-state index contributed by atoms with van der Waals surface area (Å²) in [5.74, 6) is 2.35. The van der Waals surface area contributed by atoms with Gasteiger partial charge in [0.1, 0.15) is 23.8 Å². The van der Waals surface area contributed by atoms with Crippen LogP contribution in [0.15, 0.2) is 89.7 Å². The number of rotatable bonds is 6. The van der Waals surface area contributed by atoms with Crippen LogP contribution in [0.2, 0.25) is 0 Å². The molecule has 0 aliphatic carbocycles. The smallest absolute Gasteiger partial charge is 0.182 e. The van der Waals surface area contributed by atoms with Gasteiger partial charge >= 0.3 is 0 Å². The number of aromatic nitrogens is 1. The van der Waals surface area contributed by atoms with E-state index in [1.54, 1.807) is 7.11 Å². The molecule has 0 radical (unpaired) electrons. The molecule has 1 heterocycles. The average Bonchev–Trinajstić information content (AvgIpc) is 3.23. The second-order valence-electron chi connectivity index (χ2n) is 6.06. The molecule has 0 amide bonds. The van der Waals surface area contributed by atoms with Crippen molar-refractivity contribution >= 4 is 0 Å². The highest BCUT2D eigenvalue weighted by Gasteiger charge is 2.13. The molecule has 0 saturated carbocycles. The fourth-order valence-corrected chi connectivity index (χ4v) is 2.85. The summed E-state index contributed by atoms with van der Waals surface area (Å²) in [7, 11) is 1.65. The largest absolute Gasteiger partial charge is 0.497 e. The topological polar surface area (TPSA) is 44.5 Å². The van der Waals surface area contributed by atoms with E-state index in [2.05, 4.69) is 4.98 Å². The first-order valence-corrected chi connectivity index (χ1v) is 8.68. The molecule has 0 unspecified atom stereocenters. The Labute approximate surface area is 158 Å². The van der Waals surface area contributed by atoms with Crippen molar-refractivity contribution in [2.24, 2.45) is 0 Å². The summed E-state index contributed by atoms with van der Waals surface area (Å²) in [6.07, 6.45) is 1.47. The molecule has 0 spiro atoms. The summed E-state index contributed by atoms with van der Waals surface area (Å²) >= 11 is 0. The highest BCUT2D eigenvalue weighted by Crippen LogP contribution is 2.32. The summed E-state index contributed by atoms with van der Waals surface area (Å²) in [6, 6.07) is 25.7. The normalized spacial score (nSPS) is 10.6. The van der Waals surface area contributed by atoms with Crippen LogP contribution in [0.1, 0.15) is 5.56 Å². The maximum Gasteiger partial charge on any atom is 0.182 e. The molecule has 134 valence electrons. The molecule has 4 rings (SSSR count). The third kappa shape index (κ3) is 3.85. The number of hydrogen-bond acceptors (Lipinski definition) is 4. The van der Waals surface area contributed by atoms with Crippen molar-refractivity contribution in [2.45, 2.75) is 6.61 Å². The SMILES string of the molecule is COc1ccc(-c2ocnc2-c2ccc(OCc3ccccc3)cc2)cc1. The van der Waals surface area contributed by atoms with Crippen molar-refractivity contribution < 1.29 is 13.9 Å². The van der Waals surface area contributed by atoms with Crippen LogP contribution in [0.3, 0.4) is 0 Å². The van der Waals surface area contributed by atoms with Crippen molar-refractivity contribution in [3.05, 3.63) is 90.8 Å². The first-order valence-electron chi connectivity index (χ1n) is 8.68. The van der Waals surface area contributed by atoms with Crippen molar-refractivity contribution in [3.8, 4) is 34.1 Å². The van der Waals surface area contributed by atoms with Crippen LogP contribution in [0.25, 0.3) is 22.6 Å². The molecule has 0 N–H and O–H groups in total. The maximum absolute atomic E-state index is 5.85. The number of ether oxygens (including phenoxy) is 2. The Morgan fingerprint density at radius 1 is 0.778 bits per heavy atom. The number of oxazole rings is 1. The van der Waals surface area contributed by atoms with Gasteiger partial charge in [-0.1, -0.05) is 30.3 Å². The van der Waals surface area contributed by atoms with E-state index < -0.39 is 0 Å². The number of nitrogens with zero attached hydrogens (tertiary/aromatic N) is 1. The standard InChI is InChI=1S/C23H19NO3/c1-25-20-11-9-19(10-12-20)23-22(24-16-27-23)18-7-13-21(14-8-18)26-15-17-5-3-2-4-6-17/h2-14,16H,15H2,1H3. The molecule has 27 heavy (non-hydrogen) atoms. The van der Waals surface area contributed by atoms with Gasteiger partial charge in [0.2, 0.25) is 0 Å². The number of hydrogen-bond donors (Lipinski definition) is 0. The molecule has 0 saturated heterocycles. The van der Waals surface area contributed by atoms with Gasteiger partial charge in [-0.2, -0.15) is 0 Å². The lowest BCUT2D eigenvalue weighted by molar-refractivity contribution is 0.306. The Balaban J connectivity index is 1.51. The lowest BCUT2D eigenvalue weighted by Gasteiger charge is -2.07. The van der Waals surface area contributed by atoms with Crippen LogP contribution in [-0.4, -0.2) is 12.1 Å². The van der Waals surface area contributed by atoms with E-state index in [9.17, 15) is 0 Å². The Morgan fingerprint density at radius 2 is 1.44 bits per heavy atom. The van der Waals surface area contributed by atoms with Gasteiger partial charge in [-0.05, 0) is 54.1 Å². The van der Waals surface area contributed by atoms with Crippen LogP contribution < -0.4 is 9.47 Å². The Kier molecular flexibility index (Phi) is 4.88. The molecule has 0 bridgehead atoms. The van der Waals surface area contributed by atoms with E-state index in [1.807, 2.05) is 78.9 Å². The number of benzene rings is 3. The molecule has 4 aromatic rings. The molecular weight excluding hydrogens is 338 g/mol. The van der Waals surface area contributed by atoms with Crippen LogP contribution in [0.4, 0.5) is 0 Å². The Morgan fingerprint density at radius 3 is 2.15 bits per heavy atom. The maximum atomic E-state index is 5.85. The molecule has 4 nitrogen and oxygen atoms in total. The lowest BCUT2D eigenvalue weighted by atomic mass is 10.1. The highest BCUT2D eigenvalue weighted by molar-refractivity contribution is 5.77. The second kappa shape index (κ2) is 7.79. The summed E-state index contributed by atoms with van der Waals surface area (Å²) in [4.78, 5) is 4.39.